The molecule has 2 atom stereocenters. The molecule has 1 heterocycles. The number of benzene rings is 1. The van der Waals surface area contributed by atoms with Crippen LogP contribution in [0.2, 0.25) is 0 Å². The Labute approximate surface area is 124 Å². The summed E-state index contributed by atoms with van der Waals surface area (Å²) in [4.78, 5) is 11.9. The number of carbonyl (C=O) groups is 1. The van der Waals surface area contributed by atoms with Gasteiger partial charge in [-0.1, -0.05) is 6.07 Å². The van der Waals surface area contributed by atoms with E-state index in [0.717, 1.165) is 36.3 Å². The number of nitrogens with one attached hydrogen (secondary N) is 1. The minimum atomic E-state index is -0.180. The van der Waals surface area contributed by atoms with Crippen molar-refractivity contribution in [2.24, 2.45) is 5.92 Å². The monoisotopic (exact) mass is 291 g/mol. The van der Waals surface area contributed by atoms with E-state index in [-0.39, 0.29) is 18.8 Å². The second-order valence-corrected chi connectivity index (χ2v) is 5.82. The zero-order valence-corrected chi connectivity index (χ0v) is 12.0. The maximum atomic E-state index is 11.9. The highest BCUT2D eigenvalue weighted by Crippen LogP contribution is 2.32. The molecule has 21 heavy (non-hydrogen) atoms. The third-order valence-corrected chi connectivity index (χ3v) is 4.18. The van der Waals surface area contributed by atoms with Crippen LogP contribution in [0, 0.1) is 5.92 Å². The van der Waals surface area contributed by atoms with E-state index < -0.39 is 0 Å². The van der Waals surface area contributed by atoms with E-state index in [0.29, 0.717) is 25.3 Å². The second kappa shape index (κ2) is 6.35. The lowest BCUT2D eigenvalue weighted by Crippen LogP contribution is -2.28. The highest BCUT2D eigenvalue weighted by Gasteiger charge is 2.22. The zero-order valence-electron chi connectivity index (χ0n) is 12.0. The summed E-state index contributed by atoms with van der Waals surface area (Å²) in [5.41, 5.74) is 1.07. The predicted molar refractivity (Wildman–Crippen MR) is 77.2 cm³/mol. The Balaban J connectivity index is 1.41. The Kier molecular flexibility index (Phi) is 4.29. The summed E-state index contributed by atoms with van der Waals surface area (Å²) >= 11 is 0. The molecule has 1 aliphatic carbocycles. The molecule has 1 aromatic carbocycles. The molecule has 5 nitrogen and oxygen atoms in total. The van der Waals surface area contributed by atoms with Gasteiger partial charge in [-0.15, -0.1) is 0 Å². The average Bonchev–Trinajstić information content (AvgIpc) is 3.10. The lowest BCUT2D eigenvalue weighted by atomic mass is 10.1. The molecule has 2 aliphatic rings. The van der Waals surface area contributed by atoms with Gasteiger partial charge in [-0.3, -0.25) is 4.79 Å². The molecular formula is C16H21NO4. The number of rotatable bonds is 5. The minimum absolute atomic E-state index is 0.0639. The van der Waals surface area contributed by atoms with E-state index in [4.69, 9.17) is 9.47 Å². The fourth-order valence-corrected chi connectivity index (χ4v) is 2.93. The van der Waals surface area contributed by atoms with Crippen LogP contribution in [0.5, 0.6) is 11.5 Å². The van der Waals surface area contributed by atoms with Crippen LogP contribution in [0.4, 0.5) is 0 Å². The number of aryl methyl sites for hydroxylation is 1. The van der Waals surface area contributed by atoms with Crippen LogP contribution in [0.15, 0.2) is 18.2 Å². The van der Waals surface area contributed by atoms with Crippen molar-refractivity contribution < 1.29 is 19.4 Å². The van der Waals surface area contributed by atoms with E-state index in [1.54, 1.807) is 0 Å². The third-order valence-electron chi connectivity index (χ3n) is 4.18. The number of hydrogen-bond donors (Lipinski definition) is 2. The van der Waals surface area contributed by atoms with Gasteiger partial charge in [0.25, 0.3) is 0 Å². The van der Waals surface area contributed by atoms with Crippen LogP contribution in [0.1, 0.15) is 31.2 Å². The van der Waals surface area contributed by atoms with Crippen molar-refractivity contribution >= 4 is 5.91 Å². The smallest absolute Gasteiger partial charge is 0.231 e. The van der Waals surface area contributed by atoms with E-state index in [1.165, 1.54) is 0 Å². The fraction of sp³-hybridized carbons (Fsp3) is 0.562. The summed E-state index contributed by atoms with van der Waals surface area (Å²) in [6, 6.07) is 5.78. The summed E-state index contributed by atoms with van der Waals surface area (Å²) in [7, 11) is 0. The zero-order chi connectivity index (χ0) is 14.7. The van der Waals surface area contributed by atoms with Crippen LogP contribution in [-0.2, 0) is 11.2 Å². The van der Waals surface area contributed by atoms with E-state index >= 15 is 0 Å². The van der Waals surface area contributed by atoms with Gasteiger partial charge in [0.2, 0.25) is 12.7 Å². The number of amides is 1. The minimum Gasteiger partial charge on any atom is -0.454 e. The molecular weight excluding hydrogens is 270 g/mol. The maximum Gasteiger partial charge on any atom is 0.231 e. The first-order valence-corrected chi connectivity index (χ1v) is 7.54. The first-order chi connectivity index (χ1) is 10.2. The van der Waals surface area contributed by atoms with E-state index in [1.807, 2.05) is 18.2 Å². The topological polar surface area (TPSA) is 67.8 Å². The molecule has 0 aromatic heterocycles. The molecule has 114 valence electrons. The molecule has 1 saturated carbocycles. The van der Waals surface area contributed by atoms with Gasteiger partial charge in [0, 0.05) is 13.0 Å². The lowest BCUT2D eigenvalue weighted by molar-refractivity contribution is -0.121. The molecule has 3 rings (SSSR count). The van der Waals surface area contributed by atoms with E-state index in [2.05, 4.69) is 5.32 Å². The Morgan fingerprint density at radius 1 is 1.29 bits per heavy atom. The van der Waals surface area contributed by atoms with Crippen molar-refractivity contribution in [1.29, 1.82) is 0 Å². The van der Waals surface area contributed by atoms with Crippen LogP contribution < -0.4 is 14.8 Å². The summed E-state index contributed by atoms with van der Waals surface area (Å²) in [6.45, 7) is 0.948. The van der Waals surface area contributed by atoms with Crippen molar-refractivity contribution in [1.82, 2.24) is 5.32 Å². The highest BCUT2D eigenvalue weighted by molar-refractivity contribution is 5.76. The quantitative estimate of drug-likeness (QED) is 0.865. The molecule has 2 unspecified atom stereocenters. The van der Waals surface area contributed by atoms with Gasteiger partial charge >= 0.3 is 0 Å². The van der Waals surface area contributed by atoms with Crippen molar-refractivity contribution in [3.63, 3.8) is 0 Å². The highest BCUT2D eigenvalue weighted by atomic mass is 16.7. The molecule has 0 spiro atoms. The number of ether oxygens (including phenoxy) is 2. The molecule has 5 heteroatoms. The summed E-state index contributed by atoms with van der Waals surface area (Å²) in [6.07, 6.45) is 3.65. The van der Waals surface area contributed by atoms with Gasteiger partial charge in [-0.25, -0.2) is 0 Å². The Morgan fingerprint density at radius 3 is 2.95 bits per heavy atom. The van der Waals surface area contributed by atoms with Crippen LogP contribution in [0.25, 0.3) is 0 Å². The largest absolute Gasteiger partial charge is 0.454 e. The predicted octanol–water partition coefficient (Wildman–Crippen LogP) is 1.63. The van der Waals surface area contributed by atoms with Crippen LogP contribution >= 0.6 is 0 Å². The van der Waals surface area contributed by atoms with Gasteiger partial charge in [-0.05, 0) is 49.3 Å². The molecule has 0 radical (unpaired) electrons. The summed E-state index contributed by atoms with van der Waals surface area (Å²) in [5, 5.41) is 12.4. The Bertz CT molecular complexity index is 517. The second-order valence-electron chi connectivity index (χ2n) is 5.82. The van der Waals surface area contributed by atoms with Crippen molar-refractivity contribution in [3.05, 3.63) is 23.8 Å². The van der Waals surface area contributed by atoms with Crippen molar-refractivity contribution in [2.75, 3.05) is 13.3 Å². The van der Waals surface area contributed by atoms with Gasteiger partial charge < -0.3 is 19.9 Å². The van der Waals surface area contributed by atoms with Crippen molar-refractivity contribution in [3.8, 4) is 11.5 Å². The molecule has 2 N–H and O–H groups in total. The number of fused-ring (bicyclic) bond motifs is 1. The molecule has 0 saturated heterocycles. The van der Waals surface area contributed by atoms with Gasteiger partial charge in [0.15, 0.2) is 11.5 Å². The van der Waals surface area contributed by atoms with Gasteiger partial charge in [0.1, 0.15) is 0 Å². The number of aliphatic hydroxyl groups excluding tert-OH is 1. The molecule has 1 amide bonds. The average molecular weight is 291 g/mol. The van der Waals surface area contributed by atoms with E-state index in [9.17, 15) is 9.90 Å². The normalized spacial score (nSPS) is 23.3. The van der Waals surface area contributed by atoms with Crippen molar-refractivity contribution in [2.45, 2.75) is 38.2 Å². The standard InChI is InChI=1S/C16H21NO4/c18-13-4-1-12(7-13)9-17-16(19)6-3-11-2-5-14-15(8-11)21-10-20-14/h2,5,8,12-13,18H,1,3-4,6-7,9-10H2,(H,17,19). The SMILES string of the molecule is O=C(CCc1ccc2c(c1)OCO2)NCC1CCC(O)C1. The van der Waals surface area contributed by atoms with Gasteiger partial charge in [0.05, 0.1) is 6.10 Å². The molecule has 1 aliphatic heterocycles. The molecule has 1 aromatic rings. The lowest BCUT2D eigenvalue weighted by Gasteiger charge is -2.11. The summed E-state index contributed by atoms with van der Waals surface area (Å²) < 4.78 is 10.6. The van der Waals surface area contributed by atoms with Crippen LogP contribution in [-0.4, -0.2) is 30.5 Å². The maximum absolute atomic E-state index is 11.9. The number of aliphatic hydroxyl groups is 1. The summed E-state index contributed by atoms with van der Waals surface area (Å²) in [5.74, 6) is 2.01. The Morgan fingerprint density at radius 2 is 2.14 bits per heavy atom. The fourth-order valence-electron chi connectivity index (χ4n) is 2.93. The first kappa shape index (κ1) is 14.2. The van der Waals surface area contributed by atoms with Gasteiger partial charge in [-0.2, -0.15) is 0 Å². The first-order valence-electron chi connectivity index (χ1n) is 7.54. The third kappa shape index (κ3) is 3.67. The number of carbonyl (C=O) groups excluding carboxylic acids is 1. The number of hydrogen-bond acceptors (Lipinski definition) is 4. The molecule has 1 fully saturated rings. The molecule has 0 bridgehead atoms. The van der Waals surface area contributed by atoms with Crippen LogP contribution in [0.3, 0.4) is 0 Å². The Hall–Kier alpha value is -1.75.